The summed E-state index contributed by atoms with van der Waals surface area (Å²) in [6.45, 7) is 0. The van der Waals surface area contributed by atoms with Gasteiger partial charge in [0.1, 0.15) is 6.10 Å². The monoisotopic (exact) mass is 245 g/mol. The van der Waals surface area contributed by atoms with Crippen LogP contribution in [0.15, 0.2) is 0 Å². The molecule has 2 saturated heterocycles. The minimum atomic E-state index is -0.745. The first kappa shape index (κ1) is 11.6. The number of ether oxygens (including phenoxy) is 1. The Morgan fingerprint density at radius 2 is 2.38 bits per heavy atom. The largest absolute Gasteiger partial charge is 0.481 e. The molecule has 0 radical (unpaired) electrons. The molecule has 2 aliphatic rings. The van der Waals surface area contributed by atoms with Gasteiger partial charge in [-0.1, -0.05) is 6.42 Å². The lowest BCUT2D eigenvalue weighted by atomic mass is 10.0. The number of hydrogen-bond donors (Lipinski definition) is 2. The van der Waals surface area contributed by atoms with Crippen LogP contribution in [0.25, 0.3) is 0 Å². The van der Waals surface area contributed by atoms with Gasteiger partial charge in [-0.2, -0.15) is 11.8 Å². The number of nitrogens with one attached hydrogen (secondary N) is 1. The second-order valence-electron chi connectivity index (χ2n) is 4.13. The Kier molecular flexibility index (Phi) is 3.58. The number of amides is 1. The van der Waals surface area contributed by atoms with E-state index in [-0.39, 0.29) is 24.7 Å². The Morgan fingerprint density at radius 3 is 3.12 bits per heavy atom. The molecule has 2 fully saturated rings. The molecule has 0 aromatic rings. The second-order valence-corrected chi connectivity index (χ2v) is 5.40. The van der Waals surface area contributed by atoms with Gasteiger partial charge in [0.05, 0.1) is 6.04 Å². The number of aliphatic carboxylic acids is 1. The third kappa shape index (κ3) is 2.61. The van der Waals surface area contributed by atoms with Gasteiger partial charge >= 0.3 is 12.1 Å². The van der Waals surface area contributed by atoms with Crippen LogP contribution in [0.1, 0.15) is 25.7 Å². The molecule has 2 aliphatic heterocycles. The first-order chi connectivity index (χ1) is 7.66. The summed E-state index contributed by atoms with van der Waals surface area (Å²) in [5.74, 6) is 0.158. The van der Waals surface area contributed by atoms with Gasteiger partial charge in [0.25, 0.3) is 0 Å². The molecule has 16 heavy (non-hydrogen) atoms. The normalized spacial score (nSPS) is 32.0. The number of carbonyl (C=O) groups excluding carboxylic acids is 1. The highest BCUT2D eigenvalue weighted by molar-refractivity contribution is 8.00. The summed E-state index contributed by atoms with van der Waals surface area (Å²) in [6, 6.07) is 0.155. The predicted octanol–water partition coefficient (Wildman–Crippen LogP) is 1.22. The van der Waals surface area contributed by atoms with E-state index in [2.05, 4.69) is 5.32 Å². The molecule has 0 saturated carbocycles. The number of hydrogen-bond acceptors (Lipinski definition) is 4. The first-order valence-corrected chi connectivity index (χ1v) is 6.52. The average Bonchev–Trinajstić information content (AvgIpc) is 2.72. The zero-order valence-electron chi connectivity index (χ0n) is 8.85. The second kappa shape index (κ2) is 4.95. The van der Waals surface area contributed by atoms with E-state index >= 15 is 0 Å². The molecule has 90 valence electrons. The Balaban J connectivity index is 1.70. The summed E-state index contributed by atoms with van der Waals surface area (Å²) in [4.78, 5) is 21.3. The summed E-state index contributed by atoms with van der Waals surface area (Å²) in [5.41, 5.74) is 0. The molecule has 1 amide bonds. The van der Waals surface area contributed by atoms with Gasteiger partial charge in [-0.3, -0.25) is 4.79 Å². The number of carbonyl (C=O) groups is 2. The molecule has 0 aromatic heterocycles. The molecule has 5 nitrogen and oxygen atoms in total. The lowest BCUT2D eigenvalue weighted by Gasteiger charge is -2.14. The lowest BCUT2D eigenvalue weighted by molar-refractivity contribution is -0.137. The number of alkyl carbamates (subject to hydrolysis) is 1. The van der Waals surface area contributed by atoms with Gasteiger partial charge < -0.3 is 15.2 Å². The average molecular weight is 245 g/mol. The lowest BCUT2D eigenvalue weighted by Crippen LogP contribution is -2.32. The molecule has 0 spiro atoms. The van der Waals surface area contributed by atoms with Crippen molar-refractivity contribution in [3.05, 3.63) is 0 Å². The number of carboxylic acids is 1. The van der Waals surface area contributed by atoms with Crippen molar-refractivity contribution in [1.29, 1.82) is 0 Å². The maximum absolute atomic E-state index is 11.0. The van der Waals surface area contributed by atoms with E-state index in [1.54, 1.807) is 0 Å². The number of carboxylic acid groups (broad SMARTS) is 1. The van der Waals surface area contributed by atoms with Gasteiger partial charge in [-0.25, -0.2) is 4.79 Å². The van der Waals surface area contributed by atoms with Gasteiger partial charge in [0.2, 0.25) is 0 Å². The van der Waals surface area contributed by atoms with Crippen molar-refractivity contribution in [3.8, 4) is 0 Å². The maximum atomic E-state index is 11.0. The fourth-order valence-electron chi connectivity index (χ4n) is 2.14. The number of fused-ring (bicyclic) bond motifs is 1. The van der Waals surface area contributed by atoms with Crippen LogP contribution in [0.4, 0.5) is 4.79 Å². The van der Waals surface area contributed by atoms with Gasteiger partial charge in [0.15, 0.2) is 0 Å². The zero-order chi connectivity index (χ0) is 11.5. The SMILES string of the molecule is O=C(O)CCCC[C@H]1SC[C@H]2NC(=O)O[C@H]21. The Hall–Kier alpha value is -0.910. The Bertz CT molecular complexity index is 297. The van der Waals surface area contributed by atoms with Crippen molar-refractivity contribution >= 4 is 23.8 Å². The fraction of sp³-hybridized carbons (Fsp3) is 0.800. The highest BCUT2D eigenvalue weighted by atomic mass is 32.2. The predicted molar refractivity (Wildman–Crippen MR) is 59.5 cm³/mol. The van der Waals surface area contributed by atoms with Crippen LogP contribution in [0.2, 0.25) is 0 Å². The molecule has 2 rings (SSSR count). The van der Waals surface area contributed by atoms with E-state index in [1.807, 2.05) is 11.8 Å². The molecule has 0 aromatic carbocycles. The van der Waals surface area contributed by atoms with Crippen molar-refractivity contribution in [2.24, 2.45) is 0 Å². The molecular formula is C10H15NO4S. The van der Waals surface area contributed by atoms with Gasteiger partial charge in [-0.05, 0) is 12.8 Å². The summed E-state index contributed by atoms with van der Waals surface area (Å²) in [6.07, 6.45) is 2.40. The molecule has 0 aliphatic carbocycles. The minimum absolute atomic E-state index is 0.0117. The number of thioether (sulfide) groups is 1. The first-order valence-electron chi connectivity index (χ1n) is 5.47. The van der Waals surface area contributed by atoms with E-state index < -0.39 is 5.97 Å². The molecule has 3 atom stereocenters. The maximum Gasteiger partial charge on any atom is 0.407 e. The quantitative estimate of drug-likeness (QED) is 0.712. The summed E-state index contributed by atoms with van der Waals surface area (Å²) >= 11 is 1.81. The van der Waals surface area contributed by atoms with E-state index in [0.29, 0.717) is 11.7 Å². The fourth-order valence-corrected chi connectivity index (χ4v) is 3.63. The van der Waals surface area contributed by atoms with E-state index in [1.165, 1.54) is 0 Å². The topological polar surface area (TPSA) is 75.6 Å². The number of rotatable bonds is 5. The summed E-state index contributed by atoms with van der Waals surface area (Å²) in [5, 5.41) is 11.6. The molecule has 0 bridgehead atoms. The summed E-state index contributed by atoms with van der Waals surface area (Å²) < 4.78 is 5.19. The highest BCUT2D eigenvalue weighted by Crippen LogP contribution is 2.35. The van der Waals surface area contributed by atoms with E-state index in [9.17, 15) is 9.59 Å². The van der Waals surface area contributed by atoms with E-state index in [0.717, 1.165) is 18.6 Å². The Labute approximate surface area is 97.9 Å². The third-order valence-corrected chi connectivity index (χ3v) is 4.41. The van der Waals surface area contributed by atoms with Crippen LogP contribution in [-0.4, -0.2) is 40.3 Å². The molecule has 0 unspecified atom stereocenters. The van der Waals surface area contributed by atoms with Gasteiger partial charge in [0, 0.05) is 17.4 Å². The minimum Gasteiger partial charge on any atom is -0.481 e. The van der Waals surface area contributed by atoms with Crippen LogP contribution in [-0.2, 0) is 9.53 Å². The van der Waals surface area contributed by atoms with Crippen LogP contribution in [0, 0.1) is 0 Å². The Morgan fingerprint density at radius 1 is 1.56 bits per heavy atom. The zero-order valence-corrected chi connectivity index (χ0v) is 9.66. The van der Waals surface area contributed by atoms with Crippen LogP contribution in [0.3, 0.4) is 0 Å². The van der Waals surface area contributed by atoms with E-state index in [4.69, 9.17) is 9.84 Å². The molecule has 2 heterocycles. The third-order valence-electron chi connectivity index (χ3n) is 2.93. The standard InChI is InChI=1S/C10H15NO4S/c12-8(13)4-2-1-3-7-9-6(5-16-7)11-10(14)15-9/h6-7,9H,1-5H2,(H,11,14)(H,12,13)/t6-,7-,9-/m1/s1. The molecule has 6 heteroatoms. The van der Waals surface area contributed by atoms with Crippen LogP contribution in [0.5, 0.6) is 0 Å². The smallest absolute Gasteiger partial charge is 0.407 e. The molecule has 2 N–H and O–H groups in total. The highest BCUT2D eigenvalue weighted by Gasteiger charge is 2.44. The van der Waals surface area contributed by atoms with Crippen molar-refractivity contribution in [1.82, 2.24) is 5.32 Å². The van der Waals surface area contributed by atoms with Crippen molar-refractivity contribution < 1.29 is 19.4 Å². The van der Waals surface area contributed by atoms with Crippen LogP contribution < -0.4 is 5.32 Å². The van der Waals surface area contributed by atoms with Crippen molar-refractivity contribution in [2.45, 2.75) is 43.1 Å². The summed E-state index contributed by atoms with van der Waals surface area (Å²) in [7, 11) is 0. The van der Waals surface area contributed by atoms with Crippen molar-refractivity contribution in [2.75, 3.05) is 5.75 Å². The number of unbranched alkanes of at least 4 members (excludes halogenated alkanes) is 1. The molecular weight excluding hydrogens is 230 g/mol. The van der Waals surface area contributed by atoms with Crippen molar-refractivity contribution in [3.63, 3.8) is 0 Å². The van der Waals surface area contributed by atoms with Crippen LogP contribution >= 0.6 is 11.8 Å². The van der Waals surface area contributed by atoms with Gasteiger partial charge in [-0.15, -0.1) is 0 Å².